The van der Waals surface area contributed by atoms with E-state index in [0.29, 0.717) is 0 Å². The summed E-state index contributed by atoms with van der Waals surface area (Å²) in [4.78, 5) is 0. The van der Waals surface area contributed by atoms with E-state index in [1.54, 1.807) is 0 Å². The van der Waals surface area contributed by atoms with Crippen molar-refractivity contribution in [2.24, 2.45) is 7.05 Å². The fourth-order valence-electron chi connectivity index (χ4n) is 1.34. The third-order valence-corrected chi connectivity index (χ3v) is 2.59. The van der Waals surface area contributed by atoms with E-state index < -0.39 is 0 Å². The van der Waals surface area contributed by atoms with Gasteiger partial charge in [0.2, 0.25) is 0 Å². The van der Waals surface area contributed by atoms with E-state index in [9.17, 15) is 0 Å². The smallest absolute Gasteiger partial charge is 0.286 e. The molecule has 2 rings (SSSR count). The summed E-state index contributed by atoms with van der Waals surface area (Å²) in [6, 6.07) is 4.14. The highest BCUT2D eigenvalue weighted by Gasteiger charge is 2.09. The Balaban J connectivity index is 0.000000845. The summed E-state index contributed by atoms with van der Waals surface area (Å²) in [5.41, 5.74) is 2.46. The lowest BCUT2D eigenvalue weighted by molar-refractivity contribution is -0.511. The molecule has 4 heteroatoms. The molecule has 0 aliphatic rings. The first-order valence-corrected chi connectivity index (χ1v) is 4.60. The van der Waals surface area contributed by atoms with Gasteiger partial charge >= 0.3 is 0 Å². The fraction of sp³-hybridized carbons (Fsp3) is 0.222. The van der Waals surface area contributed by atoms with Crippen LogP contribution in [0.25, 0.3) is 5.65 Å². The molecule has 0 bridgehead atoms. The normalized spacial score (nSPS) is 10.1. The van der Waals surface area contributed by atoms with Crippen LogP contribution in [-0.2, 0) is 7.05 Å². The highest BCUT2D eigenvalue weighted by atomic mass is 127. The van der Waals surface area contributed by atoms with Crippen molar-refractivity contribution in [2.75, 3.05) is 0 Å². The van der Waals surface area contributed by atoms with Crippen LogP contribution < -0.4 is 28.4 Å². The molecule has 13 heavy (non-hydrogen) atoms. The fourth-order valence-corrected chi connectivity index (χ4v) is 1.69. The zero-order valence-corrected chi connectivity index (χ0v) is 11.2. The molecule has 0 fully saturated rings. The molecule has 2 aromatic heterocycles. The van der Waals surface area contributed by atoms with E-state index in [1.807, 2.05) is 0 Å². The molecule has 0 saturated carbocycles. The number of aryl methyl sites for hydroxylation is 2. The second-order valence-electron chi connectivity index (χ2n) is 2.94. The minimum absolute atomic E-state index is 0. The molecular weight excluding hydrogens is 343 g/mol. The lowest BCUT2D eigenvalue weighted by Crippen LogP contribution is -3.00. The van der Waals surface area contributed by atoms with Crippen molar-refractivity contribution in [1.29, 1.82) is 0 Å². The van der Waals surface area contributed by atoms with Crippen LogP contribution in [0, 0.1) is 6.92 Å². The number of fused-ring (bicyclic) bond motifs is 1. The van der Waals surface area contributed by atoms with Crippen molar-refractivity contribution in [3.63, 3.8) is 0 Å². The Kier molecular flexibility index (Phi) is 3.34. The standard InChI is InChI=1S/C9H10BrN2.HI/c1-7-5-12-6-8(10)3-4-9(12)11(7)2;/h3-6H,1-2H3;1H/q+1;/p-1. The topological polar surface area (TPSA) is 9.03 Å². The van der Waals surface area contributed by atoms with E-state index in [-0.39, 0.29) is 24.0 Å². The summed E-state index contributed by atoms with van der Waals surface area (Å²) >= 11 is 3.44. The number of pyridine rings is 1. The van der Waals surface area contributed by atoms with Gasteiger partial charge in [-0.3, -0.25) is 0 Å². The molecule has 0 spiro atoms. The Morgan fingerprint density at radius 2 is 2.00 bits per heavy atom. The molecule has 0 aromatic carbocycles. The zero-order chi connectivity index (χ0) is 8.72. The molecule has 0 aliphatic heterocycles. The Hall–Kier alpha value is -0.100. The summed E-state index contributed by atoms with van der Waals surface area (Å²) < 4.78 is 5.37. The highest BCUT2D eigenvalue weighted by Crippen LogP contribution is 2.08. The molecule has 2 nitrogen and oxygen atoms in total. The van der Waals surface area contributed by atoms with E-state index in [0.717, 1.165) is 4.47 Å². The summed E-state index contributed by atoms with van der Waals surface area (Å²) in [5.74, 6) is 0. The molecule has 2 aromatic rings. The minimum Gasteiger partial charge on any atom is -1.00 e. The van der Waals surface area contributed by atoms with Gasteiger partial charge < -0.3 is 24.0 Å². The van der Waals surface area contributed by atoms with Crippen molar-refractivity contribution in [2.45, 2.75) is 6.92 Å². The van der Waals surface area contributed by atoms with Crippen molar-refractivity contribution < 1.29 is 28.4 Å². The SMILES string of the molecule is Cc1c[n+]2cc(Br)ccc2n1C.[I-]. The number of hydrogen-bond donors (Lipinski definition) is 0. The average molecular weight is 353 g/mol. The number of halogens is 2. The monoisotopic (exact) mass is 352 g/mol. The van der Waals surface area contributed by atoms with Crippen LogP contribution in [0.2, 0.25) is 0 Å². The summed E-state index contributed by atoms with van der Waals surface area (Å²) in [7, 11) is 2.07. The molecular formula is C9H10BrIN2. The van der Waals surface area contributed by atoms with Gasteiger partial charge in [0.1, 0.15) is 18.1 Å². The van der Waals surface area contributed by atoms with Gasteiger partial charge in [0.25, 0.3) is 5.65 Å². The molecule has 0 radical (unpaired) electrons. The van der Waals surface area contributed by atoms with Gasteiger partial charge in [-0.05, 0) is 22.0 Å². The molecule has 70 valence electrons. The van der Waals surface area contributed by atoms with Crippen LogP contribution in [0.4, 0.5) is 0 Å². The van der Waals surface area contributed by atoms with Crippen LogP contribution in [0.15, 0.2) is 29.0 Å². The Morgan fingerprint density at radius 1 is 1.31 bits per heavy atom. The summed E-state index contributed by atoms with van der Waals surface area (Å²) in [5, 5.41) is 0. The van der Waals surface area contributed by atoms with Crippen molar-refractivity contribution in [3.05, 3.63) is 34.7 Å². The first-order valence-electron chi connectivity index (χ1n) is 3.81. The Labute approximate surface area is 103 Å². The van der Waals surface area contributed by atoms with Crippen molar-refractivity contribution in [3.8, 4) is 0 Å². The van der Waals surface area contributed by atoms with Crippen LogP contribution in [0.1, 0.15) is 5.69 Å². The zero-order valence-electron chi connectivity index (χ0n) is 7.46. The molecule has 0 saturated heterocycles. The predicted octanol–water partition coefficient (Wildman–Crippen LogP) is -1.16. The number of nitrogens with zero attached hydrogens (tertiary/aromatic N) is 2. The third kappa shape index (κ3) is 1.88. The first kappa shape index (κ1) is 11.0. The third-order valence-electron chi connectivity index (χ3n) is 2.12. The van der Waals surface area contributed by atoms with E-state index in [1.165, 1.54) is 11.3 Å². The van der Waals surface area contributed by atoms with Crippen LogP contribution in [0.3, 0.4) is 0 Å². The number of imidazole rings is 1. The molecule has 0 aliphatic carbocycles. The van der Waals surface area contributed by atoms with Gasteiger partial charge in [0.05, 0.1) is 11.5 Å². The van der Waals surface area contributed by atoms with Gasteiger partial charge in [0.15, 0.2) is 0 Å². The second-order valence-corrected chi connectivity index (χ2v) is 3.86. The number of aromatic nitrogens is 2. The quantitative estimate of drug-likeness (QED) is 0.418. The predicted molar refractivity (Wildman–Crippen MR) is 51.0 cm³/mol. The maximum absolute atomic E-state index is 3.44. The van der Waals surface area contributed by atoms with Gasteiger partial charge in [0, 0.05) is 13.0 Å². The molecule has 2 heterocycles. The van der Waals surface area contributed by atoms with E-state index in [4.69, 9.17) is 0 Å². The molecule has 0 N–H and O–H groups in total. The largest absolute Gasteiger partial charge is 1.00 e. The first-order chi connectivity index (χ1) is 5.68. The summed E-state index contributed by atoms with van der Waals surface area (Å²) in [6.07, 6.45) is 4.17. The van der Waals surface area contributed by atoms with Gasteiger partial charge in [-0.25, -0.2) is 8.97 Å². The van der Waals surface area contributed by atoms with E-state index in [2.05, 4.69) is 63.4 Å². The Morgan fingerprint density at radius 3 is 2.69 bits per heavy atom. The Bertz CT molecular complexity index is 436. The maximum atomic E-state index is 3.44. The van der Waals surface area contributed by atoms with Gasteiger partial charge in [-0.15, -0.1) is 0 Å². The number of hydrogen-bond acceptors (Lipinski definition) is 0. The minimum atomic E-state index is 0. The lowest BCUT2D eigenvalue weighted by atomic mass is 10.5. The average Bonchev–Trinajstić information content (AvgIpc) is 2.28. The van der Waals surface area contributed by atoms with Crippen LogP contribution in [-0.4, -0.2) is 4.57 Å². The highest BCUT2D eigenvalue weighted by molar-refractivity contribution is 9.10. The second kappa shape index (κ2) is 3.96. The molecule has 0 atom stereocenters. The van der Waals surface area contributed by atoms with Gasteiger partial charge in [-0.2, -0.15) is 0 Å². The van der Waals surface area contributed by atoms with Crippen LogP contribution >= 0.6 is 15.9 Å². The molecule has 0 unspecified atom stereocenters. The van der Waals surface area contributed by atoms with E-state index >= 15 is 0 Å². The maximum Gasteiger partial charge on any atom is 0.286 e. The van der Waals surface area contributed by atoms with Crippen molar-refractivity contribution >= 4 is 21.6 Å². The number of rotatable bonds is 0. The van der Waals surface area contributed by atoms with Gasteiger partial charge in [-0.1, -0.05) is 0 Å². The summed E-state index contributed by atoms with van der Waals surface area (Å²) in [6.45, 7) is 2.10. The lowest BCUT2D eigenvalue weighted by Gasteiger charge is -1.89. The van der Waals surface area contributed by atoms with Crippen LogP contribution in [0.5, 0.6) is 0 Å². The molecule has 0 amide bonds. The van der Waals surface area contributed by atoms with Crippen molar-refractivity contribution in [1.82, 2.24) is 4.57 Å².